The number of benzene rings is 1. The molecule has 0 amide bonds. The fourth-order valence-corrected chi connectivity index (χ4v) is 0.932. The largest absolute Gasteiger partial charge is 0.504 e. The highest BCUT2D eigenvalue weighted by Crippen LogP contribution is 2.28. The first-order valence-corrected chi connectivity index (χ1v) is 4.17. The number of ether oxygens (including phenoxy) is 1. The van der Waals surface area contributed by atoms with E-state index < -0.39 is 5.97 Å². The third kappa shape index (κ3) is 2.10. The van der Waals surface area contributed by atoms with Crippen LogP contribution in [0.15, 0.2) is 18.2 Å². The van der Waals surface area contributed by atoms with Crippen molar-refractivity contribution in [2.75, 3.05) is 0 Å². The zero-order valence-electron chi connectivity index (χ0n) is 7.69. The summed E-state index contributed by atoms with van der Waals surface area (Å²) in [4.78, 5) is 21.5. The minimum Gasteiger partial charge on any atom is -0.504 e. The van der Waals surface area contributed by atoms with E-state index in [1.807, 2.05) is 0 Å². The molecule has 0 aromatic heterocycles. The molecular weight excluding hydrogens is 184 g/mol. The molecule has 0 heterocycles. The van der Waals surface area contributed by atoms with E-state index in [1.165, 1.54) is 18.2 Å². The van der Waals surface area contributed by atoms with Crippen LogP contribution in [0.3, 0.4) is 0 Å². The lowest BCUT2D eigenvalue weighted by Crippen LogP contribution is -2.07. The average Bonchev–Trinajstić information content (AvgIpc) is 2.20. The molecule has 1 rings (SSSR count). The second-order valence-corrected chi connectivity index (χ2v) is 2.64. The normalized spacial score (nSPS) is 9.50. The highest BCUT2D eigenvalue weighted by Gasteiger charge is 2.11. The molecule has 0 aliphatic heterocycles. The molecule has 0 fully saturated rings. The lowest BCUT2D eigenvalue weighted by Gasteiger charge is -2.06. The van der Waals surface area contributed by atoms with Crippen LogP contribution in [0.5, 0.6) is 11.5 Å². The van der Waals surface area contributed by atoms with Crippen molar-refractivity contribution < 1.29 is 19.4 Å². The Bertz CT molecular complexity index is 357. The van der Waals surface area contributed by atoms with Gasteiger partial charge in [0.2, 0.25) is 0 Å². The Morgan fingerprint density at radius 1 is 1.57 bits per heavy atom. The molecular formula is C10H10O4. The Balaban J connectivity index is 3.04. The highest BCUT2D eigenvalue weighted by molar-refractivity contribution is 5.84. The number of esters is 1. The summed E-state index contributed by atoms with van der Waals surface area (Å²) in [5.41, 5.74) is 0.159. The van der Waals surface area contributed by atoms with Crippen LogP contribution in [-0.2, 0) is 4.79 Å². The maximum atomic E-state index is 11.0. The number of hydrogen-bond acceptors (Lipinski definition) is 4. The van der Waals surface area contributed by atoms with Crippen molar-refractivity contribution in [1.82, 2.24) is 0 Å². The molecule has 1 aromatic carbocycles. The summed E-state index contributed by atoms with van der Waals surface area (Å²) in [6.07, 6.45) is 0.713. The van der Waals surface area contributed by atoms with Crippen LogP contribution >= 0.6 is 0 Å². The van der Waals surface area contributed by atoms with Gasteiger partial charge in [-0.15, -0.1) is 0 Å². The molecule has 14 heavy (non-hydrogen) atoms. The van der Waals surface area contributed by atoms with Crippen LogP contribution in [0, 0.1) is 0 Å². The van der Waals surface area contributed by atoms with Crippen LogP contribution in [0.4, 0.5) is 0 Å². The first-order chi connectivity index (χ1) is 6.69. The number of hydrogen-bond donors (Lipinski definition) is 1. The van der Waals surface area contributed by atoms with E-state index in [9.17, 15) is 14.7 Å². The summed E-state index contributed by atoms with van der Waals surface area (Å²) >= 11 is 0. The van der Waals surface area contributed by atoms with E-state index in [2.05, 4.69) is 0 Å². The Morgan fingerprint density at radius 2 is 2.29 bits per heavy atom. The second-order valence-electron chi connectivity index (χ2n) is 2.64. The van der Waals surface area contributed by atoms with E-state index in [0.717, 1.165) is 0 Å². The zero-order valence-corrected chi connectivity index (χ0v) is 7.69. The predicted molar refractivity (Wildman–Crippen MR) is 49.4 cm³/mol. The third-order valence-electron chi connectivity index (χ3n) is 1.66. The van der Waals surface area contributed by atoms with Gasteiger partial charge in [0.05, 0.1) is 5.56 Å². The fraction of sp³-hybridized carbons (Fsp3) is 0.200. The molecule has 0 spiro atoms. The maximum Gasteiger partial charge on any atom is 0.311 e. The molecule has 0 aliphatic carbocycles. The summed E-state index contributed by atoms with van der Waals surface area (Å²) in [6, 6.07) is 4.32. The van der Waals surface area contributed by atoms with E-state index in [1.54, 1.807) is 6.92 Å². The van der Waals surface area contributed by atoms with Gasteiger partial charge in [0.25, 0.3) is 0 Å². The topological polar surface area (TPSA) is 63.6 Å². The van der Waals surface area contributed by atoms with Crippen molar-refractivity contribution in [3.05, 3.63) is 23.8 Å². The predicted octanol–water partition coefficient (Wildman–Crippen LogP) is 1.52. The average molecular weight is 194 g/mol. The number of phenols is 1. The van der Waals surface area contributed by atoms with Crippen molar-refractivity contribution in [2.45, 2.75) is 13.3 Å². The van der Waals surface area contributed by atoms with E-state index in [0.29, 0.717) is 6.29 Å². The molecule has 1 N–H and O–H groups in total. The first-order valence-electron chi connectivity index (χ1n) is 4.17. The number of para-hydroxylation sites is 1. The Morgan fingerprint density at radius 3 is 2.86 bits per heavy atom. The van der Waals surface area contributed by atoms with Gasteiger partial charge in [-0.1, -0.05) is 13.0 Å². The van der Waals surface area contributed by atoms with Crippen molar-refractivity contribution >= 4 is 12.3 Å². The molecule has 4 heteroatoms. The van der Waals surface area contributed by atoms with Gasteiger partial charge < -0.3 is 9.84 Å². The van der Waals surface area contributed by atoms with Crippen LogP contribution in [0.2, 0.25) is 0 Å². The summed E-state index contributed by atoms with van der Waals surface area (Å²) in [6.45, 7) is 1.63. The van der Waals surface area contributed by atoms with Gasteiger partial charge in [0.15, 0.2) is 17.8 Å². The Hall–Kier alpha value is -1.84. The number of aldehydes is 1. The van der Waals surface area contributed by atoms with Crippen molar-refractivity contribution in [3.63, 3.8) is 0 Å². The maximum absolute atomic E-state index is 11.0. The Kier molecular flexibility index (Phi) is 3.23. The van der Waals surface area contributed by atoms with Gasteiger partial charge in [-0.25, -0.2) is 0 Å². The molecule has 0 atom stereocenters. The van der Waals surface area contributed by atoms with Gasteiger partial charge in [-0.2, -0.15) is 0 Å². The molecule has 0 aliphatic rings. The third-order valence-corrected chi connectivity index (χ3v) is 1.66. The van der Waals surface area contributed by atoms with Crippen LogP contribution in [-0.4, -0.2) is 17.4 Å². The van der Waals surface area contributed by atoms with Crippen LogP contribution < -0.4 is 4.74 Å². The number of carbonyl (C=O) groups is 2. The smallest absolute Gasteiger partial charge is 0.311 e. The van der Waals surface area contributed by atoms with Crippen molar-refractivity contribution in [2.24, 2.45) is 0 Å². The van der Waals surface area contributed by atoms with E-state index in [-0.39, 0.29) is 23.5 Å². The number of rotatable bonds is 3. The highest BCUT2D eigenvalue weighted by atomic mass is 16.5. The van der Waals surface area contributed by atoms with Gasteiger partial charge in [-0.3, -0.25) is 9.59 Å². The fourth-order valence-electron chi connectivity index (χ4n) is 0.932. The molecule has 74 valence electrons. The summed E-state index contributed by atoms with van der Waals surface area (Å²) < 4.78 is 4.80. The quantitative estimate of drug-likeness (QED) is 0.450. The lowest BCUT2D eigenvalue weighted by atomic mass is 10.2. The monoisotopic (exact) mass is 194 g/mol. The number of phenolic OH excluding ortho intramolecular Hbond substituents is 1. The van der Waals surface area contributed by atoms with Gasteiger partial charge >= 0.3 is 5.97 Å². The van der Waals surface area contributed by atoms with Gasteiger partial charge in [0.1, 0.15) is 0 Å². The van der Waals surface area contributed by atoms with E-state index >= 15 is 0 Å². The first kappa shape index (κ1) is 10.2. The molecule has 0 saturated carbocycles. The number of carbonyl (C=O) groups excluding carboxylic acids is 2. The van der Waals surface area contributed by atoms with Crippen LogP contribution in [0.25, 0.3) is 0 Å². The lowest BCUT2D eigenvalue weighted by molar-refractivity contribution is -0.134. The Labute approximate surface area is 81.1 Å². The minimum atomic E-state index is -0.491. The summed E-state index contributed by atoms with van der Waals surface area (Å²) in [7, 11) is 0. The SMILES string of the molecule is CCC(=O)Oc1c(O)cccc1C=O. The minimum absolute atomic E-state index is 0.0747. The van der Waals surface area contributed by atoms with Crippen molar-refractivity contribution in [1.29, 1.82) is 0 Å². The van der Waals surface area contributed by atoms with Gasteiger partial charge in [0, 0.05) is 6.42 Å². The zero-order chi connectivity index (χ0) is 10.6. The molecule has 0 bridgehead atoms. The van der Waals surface area contributed by atoms with Crippen LogP contribution in [0.1, 0.15) is 23.7 Å². The summed E-state index contributed by atoms with van der Waals surface area (Å²) in [5.74, 6) is -0.777. The molecule has 1 aromatic rings. The molecule has 4 nitrogen and oxygen atoms in total. The van der Waals surface area contributed by atoms with Crippen molar-refractivity contribution in [3.8, 4) is 11.5 Å². The summed E-state index contributed by atoms with van der Waals surface area (Å²) in [5, 5.41) is 9.33. The standard InChI is InChI=1S/C10H10O4/c1-2-9(13)14-10-7(6-11)4-3-5-8(10)12/h3-6,12H,2H2,1H3. The second kappa shape index (κ2) is 4.41. The molecule has 0 unspecified atom stereocenters. The number of aromatic hydroxyl groups is 1. The van der Waals surface area contributed by atoms with E-state index in [4.69, 9.17) is 4.74 Å². The van der Waals surface area contributed by atoms with Gasteiger partial charge in [-0.05, 0) is 12.1 Å². The molecule has 0 radical (unpaired) electrons. The molecule has 0 saturated heterocycles.